The van der Waals surface area contributed by atoms with Gasteiger partial charge in [0.05, 0.1) is 5.71 Å². The summed E-state index contributed by atoms with van der Waals surface area (Å²) in [4.78, 5) is 13.8. The smallest absolute Gasteiger partial charge is 0.274 e. The van der Waals surface area contributed by atoms with Crippen molar-refractivity contribution in [1.29, 1.82) is 0 Å². The maximum absolute atomic E-state index is 13.2. The second-order valence-electron chi connectivity index (χ2n) is 4.27. The van der Waals surface area contributed by atoms with E-state index in [2.05, 4.69) is 25.7 Å². The van der Waals surface area contributed by atoms with Crippen LogP contribution in [0.2, 0.25) is 0 Å². The van der Waals surface area contributed by atoms with Crippen molar-refractivity contribution in [3.8, 4) is 5.75 Å². The number of aromatic hydroxyl groups is 1. The largest absolute Gasteiger partial charge is 0.507 e. The third-order valence-corrected chi connectivity index (χ3v) is 2.76. The van der Waals surface area contributed by atoms with Crippen LogP contribution in [0.3, 0.4) is 0 Å². The average molecular weight is 291 g/mol. The van der Waals surface area contributed by atoms with Crippen LogP contribution in [-0.2, 0) is 0 Å². The van der Waals surface area contributed by atoms with E-state index in [-0.39, 0.29) is 28.5 Å². The number of phenols is 1. The molecule has 0 radical (unpaired) electrons. The van der Waals surface area contributed by atoms with Crippen molar-refractivity contribution in [3.63, 3.8) is 0 Å². The standard InChI is InChI=1S/C13H14FN5O2/c1-3-10(9-6-8(14)4-5-11(9)20)17-19-13-15-12(21)7(2)16-18-13/h4-6,20H,3H2,1-2H3,(H2,15,18,19,21)/b17-10+. The minimum atomic E-state index is -0.479. The van der Waals surface area contributed by atoms with Crippen molar-refractivity contribution in [2.75, 3.05) is 5.43 Å². The number of nitrogens with zero attached hydrogens (tertiary/aromatic N) is 3. The average Bonchev–Trinajstić information content (AvgIpc) is 2.46. The molecule has 1 aromatic carbocycles. The Morgan fingerprint density at radius 1 is 1.48 bits per heavy atom. The monoisotopic (exact) mass is 291 g/mol. The van der Waals surface area contributed by atoms with E-state index in [4.69, 9.17) is 0 Å². The van der Waals surface area contributed by atoms with Gasteiger partial charge in [0.1, 0.15) is 17.3 Å². The number of aromatic nitrogens is 3. The zero-order chi connectivity index (χ0) is 15.4. The first-order valence-corrected chi connectivity index (χ1v) is 6.26. The van der Waals surface area contributed by atoms with Crippen LogP contribution in [0.5, 0.6) is 5.75 Å². The summed E-state index contributed by atoms with van der Waals surface area (Å²) in [6, 6.07) is 3.59. The molecule has 0 saturated carbocycles. The van der Waals surface area contributed by atoms with E-state index in [0.29, 0.717) is 12.1 Å². The number of aryl methyl sites for hydroxylation is 1. The van der Waals surface area contributed by atoms with Crippen molar-refractivity contribution in [3.05, 3.63) is 45.6 Å². The zero-order valence-electron chi connectivity index (χ0n) is 11.5. The fourth-order valence-corrected chi connectivity index (χ4v) is 1.63. The molecule has 2 rings (SSSR count). The van der Waals surface area contributed by atoms with Crippen LogP contribution in [0.15, 0.2) is 28.1 Å². The molecule has 0 saturated heterocycles. The molecule has 110 valence electrons. The highest BCUT2D eigenvalue weighted by Gasteiger charge is 2.09. The number of hydrogen-bond acceptors (Lipinski definition) is 6. The minimum Gasteiger partial charge on any atom is -0.507 e. The third-order valence-electron chi connectivity index (χ3n) is 2.76. The number of hydrogen-bond donors (Lipinski definition) is 3. The summed E-state index contributed by atoms with van der Waals surface area (Å²) in [6.07, 6.45) is 0.438. The van der Waals surface area contributed by atoms with E-state index >= 15 is 0 Å². The Morgan fingerprint density at radius 3 is 2.90 bits per heavy atom. The second kappa shape index (κ2) is 6.12. The van der Waals surface area contributed by atoms with E-state index < -0.39 is 5.82 Å². The predicted octanol–water partition coefficient (Wildman–Crippen LogP) is 1.54. The summed E-state index contributed by atoms with van der Waals surface area (Å²) in [5.74, 6) is -0.498. The molecule has 0 bridgehead atoms. The Morgan fingerprint density at radius 2 is 2.24 bits per heavy atom. The Balaban J connectivity index is 2.30. The van der Waals surface area contributed by atoms with Gasteiger partial charge in [0.15, 0.2) is 0 Å². The van der Waals surface area contributed by atoms with Gasteiger partial charge in [-0.3, -0.25) is 9.78 Å². The minimum absolute atomic E-state index is 0.0624. The summed E-state index contributed by atoms with van der Waals surface area (Å²) in [5, 5.41) is 21.1. The van der Waals surface area contributed by atoms with Crippen molar-refractivity contribution < 1.29 is 9.50 Å². The zero-order valence-corrected chi connectivity index (χ0v) is 11.5. The van der Waals surface area contributed by atoms with E-state index in [1.807, 2.05) is 0 Å². The highest BCUT2D eigenvalue weighted by molar-refractivity contribution is 6.02. The Bertz CT molecular complexity index is 742. The number of rotatable bonds is 4. The molecular formula is C13H14FN5O2. The van der Waals surface area contributed by atoms with Crippen LogP contribution in [0, 0.1) is 12.7 Å². The molecule has 0 aliphatic rings. The van der Waals surface area contributed by atoms with Gasteiger partial charge in [-0.25, -0.2) is 9.82 Å². The van der Waals surface area contributed by atoms with E-state index in [0.717, 1.165) is 6.07 Å². The lowest BCUT2D eigenvalue weighted by atomic mass is 10.1. The number of benzene rings is 1. The number of nitrogens with one attached hydrogen (secondary N) is 2. The number of hydrazone groups is 1. The van der Waals surface area contributed by atoms with Crippen molar-refractivity contribution >= 4 is 11.7 Å². The molecule has 0 fully saturated rings. The Kier molecular flexibility index (Phi) is 4.27. The van der Waals surface area contributed by atoms with Crippen LogP contribution in [0.4, 0.5) is 10.3 Å². The summed E-state index contributed by atoms with van der Waals surface area (Å²) < 4.78 is 13.2. The molecule has 0 aliphatic carbocycles. The molecule has 0 unspecified atom stereocenters. The summed E-state index contributed by atoms with van der Waals surface area (Å²) >= 11 is 0. The molecule has 1 aromatic heterocycles. The molecule has 0 spiro atoms. The van der Waals surface area contributed by atoms with Gasteiger partial charge in [-0.1, -0.05) is 6.92 Å². The van der Waals surface area contributed by atoms with E-state index in [1.165, 1.54) is 19.1 Å². The van der Waals surface area contributed by atoms with Gasteiger partial charge in [0, 0.05) is 5.56 Å². The number of H-pyrrole nitrogens is 1. The Hall–Kier alpha value is -2.77. The van der Waals surface area contributed by atoms with Gasteiger partial charge in [0.2, 0.25) is 5.95 Å². The normalized spacial score (nSPS) is 11.5. The molecular weight excluding hydrogens is 277 g/mol. The molecule has 3 N–H and O–H groups in total. The Labute approximate surface area is 119 Å². The van der Waals surface area contributed by atoms with Crippen LogP contribution in [-0.4, -0.2) is 26.0 Å². The first kappa shape index (κ1) is 14.6. The predicted molar refractivity (Wildman–Crippen MR) is 75.9 cm³/mol. The maximum atomic E-state index is 13.2. The second-order valence-corrected chi connectivity index (χ2v) is 4.27. The molecule has 0 aliphatic heterocycles. The van der Waals surface area contributed by atoms with Gasteiger partial charge in [-0.15, -0.1) is 10.2 Å². The lowest BCUT2D eigenvalue weighted by Crippen LogP contribution is -2.16. The molecule has 7 nitrogen and oxygen atoms in total. The van der Waals surface area contributed by atoms with Crippen LogP contribution in [0.25, 0.3) is 0 Å². The number of anilines is 1. The number of aromatic amines is 1. The van der Waals surface area contributed by atoms with Crippen LogP contribution >= 0.6 is 0 Å². The topological polar surface area (TPSA) is 103 Å². The van der Waals surface area contributed by atoms with Crippen molar-refractivity contribution in [1.82, 2.24) is 15.2 Å². The van der Waals surface area contributed by atoms with Gasteiger partial charge in [0.25, 0.3) is 5.56 Å². The molecule has 0 amide bonds. The fraction of sp³-hybridized carbons (Fsp3) is 0.231. The number of phenolic OH excluding ortho intramolecular Hbond substituents is 1. The lowest BCUT2D eigenvalue weighted by molar-refractivity contribution is 0.471. The molecule has 21 heavy (non-hydrogen) atoms. The van der Waals surface area contributed by atoms with Gasteiger partial charge in [-0.2, -0.15) is 5.10 Å². The van der Waals surface area contributed by atoms with Gasteiger partial charge < -0.3 is 5.11 Å². The van der Waals surface area contributed by atoms with Crippen LogP contribution < -0.4 is 11.0 Å². The first-order chi connectivity index (χ1) is 10.0. The van der Waals surface area contributed by atoms with Crippen molar-refractivity contribution in [2.24, 2.45) is 5.10 Å². The quantitative estimate of drug-likeness (QED) is 0.585. The fourth-order valence-electron chi connectivity index (χ4n) is 1.63. The van der Waals surface area contributed by atoms with Crippen LogP contribution in [0.1, 0.15) is 24.6 Å². The van der Waals surface area contributed by atoms with Gasteiger partial charge in [-0.05, 0) is 31.5 Å². The third kappa shape index (κ3) is 3.41. The molecule has 0 atom stereocenters. The lowest BCUT2D eigenvalue weighted by Gasteiger charge is -2.07. The SMILES string of the molecule is CC/C(=N\Nc1nnc(C)c(=O)[nH]1)c1cc(F)ccc1O. The molecule has 1 heterocycles. The highest BCUT2D eigenvalue weighted by atomic mass is 19.1. The molecule has 2 aromatic rings. The number of halogens is 1. The maximum Gasteiger partial charge on any atom is 0.274 e. The highest BCUT2D eigenvalue weighted by Crippen LogP contribution is 2.20. The van der Waals surface area contributed by atoms with E-state index in [1.54, 1.807) is 6.92 Å². The van der Waals surface area contributed by atoms with E-state index in [9.17, 15) is 14.3 Å². The summed E-state index contributed by atoms with van der Waals surface area (Å²) in [7, 11) is 0. The van der Waals surface area contributed by atoms with Crippen molar-refractivity contribution in [2.45, 2.75) is 20.3 Å². The summed E-state index contributed by atoms with van der Waals surface area (Å²) in [5.41, 5.74) is 3.08. The first-order valence-electron chi connectivity index (χ1n) is 6.26. The van der Waals surface area contributed by atoms with Gasteiger partial charge >= 0.3 is 0 Å². The summed E-state index contributed by atoms with van der Waals surface area (Å²) in [6.45, 7) is 3.33. The molecule has 8 heteroatoms.